The first-order chi connectivity index (χ1) is 9.10. The van der Waals surface area contributed by atoms with E-state index in [1.807, 2.05) is 6.92 Å². The van der Waals surface area contributed by atoms with Gasteiger partial charge in [-0.2, -0.15) is 0 Å². The second kappa shape index (κ2) is 6.67. The number of anilines is 2. The van der Waals surface area contributed by atoms with Gasteiger partial charge >= 0.3 is 0 Å². The molecule has 0 spiro atoms. The number of aromatic nitrogens is 1. The Bertz CT molecular complexity index is 437. The molecule has 19 heavy (non-hydrogen) atoms. The minimum atomic E-state index is 0.462. The van der Waals surface area contributed by atoms with E-state index in [0.717, 1.165) is 18.3 Å². The maximum atomic E-state index is 6.22. The van der Waals surface area contributed by atoms with E-state index in [2.05, 4.69) is 22.5 Å². The van der Waals surface area contributed by atoms with E-state index in [-0.39, 0.29) is 0 Å². The molecular weight excluding hydrogens is 281 g/mol. The molecule has 3 nitrogen and oxygen atoms in total. The van der Waals surface area contributed by atoms with Gasteiger partial charge in [0.05, 0.1) is 10.0 Å². The fourth-order valence-corrected chi connectivity index (χ4v) is 3.10. The van der Waals surface area contributed by atoms with Gasteiger partial charge in [0.1, 0.15) is 11.6 Å². The Hall–Kier alpha value is -0.670. The van der Waals surface area contributed by atoms with Crippen molar-refractivity contribution in [3.05, 3.63) is 16.1 Å². The van der Waals surface area contributed by atoms with E-state index >= 15 is 0 Å². The van der Waals surface area contributed by atoms with Gasteiger partial charge in [-0.05, 0) is 31.7 Å². The number of halogens is 2. The fourth-order valence-electron chi connectivity index (χ4n) is 2.62. The highest BCUT2D eigenvalue weighted by Gasteiger charge is 2.20. The van der Waals surface area contributed by atoms with Crippen molar-refractivity contribution in [2.45, 2.75) is 45.6 Å². The maximum absolute atomic E-state index is 6.22. The Balaban J connectivity index is 2.12. The Kier molecular flexibility index (Phi) is 5.17. The molecule has 2 unspecified atom stereocenters. The molecule has 0 saturated heterocycles. The number of hydrogen-bond acceptors (Lipinski definition) is 3. The van der Waals surface area contributed by atoms with Gasteiger partial charge in [0, 0.05) is 12.6 Å². The molecule has 2 atom stereocenters. The van der Waals surface area contributed by atoms with Crippen LogP contribution in [0.2, 0.25) is 10.0 Å². The summed E-state index contributed by atoms with van der Waals surface area (Å²) in [7, 11) is 0. The Morgan fingerprint density at radius 1 is 1.26 bits per heavy atom. The van der Waals surface area contributed by atoms with Crippen LogP contribution in [0.5, 0.6) is 0 Å². The molecule has 0 bridgehead atoms. The van der Waals surface area contributed by atoms with Crippen LogP contribution in [0.25, 0.3) is 0 Å². The lowest BCUT2D eigenvalue weighted by molar-refractivity contribution is 0.358. The molecule has 1 aliphatic carbocycles. The van der Waals surface area contributed by atoms with Gasteiger partial charge in [-0.3, -0.25) is 0 Å². The third-order valence-electron chi connectivity index (χ3n) is 3.55. The summed E-state index contributed by atoms with van der Waals surface area (Å²) < 4.78 is 0. The van der Waals surface area contributed by atoms with Crippen LogP contribution in [0.3, 0.4) is 0 Å². The summed E-state index contributed by atoms with van der Waals surface area (Å²) >= 11 is 12.3. The Morgan fingerprint density at radius 3 is 2.68 bits per heavy atom. The molecule has 1 aromatic rings. The zero-order valence-electron chi connectivity index (χ0n) is 11.5. The molecular formula is C14H21Cl2N3. The minimum absolute atomic E-state index is 0.462. The van der Waals surface area contributed by atoms with Crippen LogP contribution < -0.4 is 10.6 Å². The molecule has 2 rings (SSSR count). The van der Waals surface area contributed by atoms with E-state index in [0.29, 0.717) is 21.9 Å². The Labute approximate surface area is 125 Å². The topological polar surface area (TPSA) is 37.0 Å². The number of nitrogens with one attached hydrogen (secondary N) is 2. The van der Waals surface area contributed by atoms with Gasteiger partial charge < -0.3 is 10.6 Å². The molecule has 1 aromatic heterocycles. The Morgan fingerprint density at radius 2 is 2.00 bits per heavy atom. The molecule has 1 fully saturated rings. The van der Waals surface area contributed by atoms with Gasteiger partial charge in [0.2, 0.25) is 0 Å². The van der Waals surface area contributed by atoms with E-state index in [1.165, 1.54) is 25.7 Å². The van der Waals surface area contributed by atoms with E-state index in [9.17, 15) is 0 Å². The van der Waals surface area contributed by atoms with Gasteiger partial charge in [-0.1, -0.05) is 43.0 Å². The average Bonchev–Trinajstić information content (AvgIpc) is 2.35. The van der Waals surface area contributed by atoms with Crippen molar-refractivity contribution >= 4 is 34.8 Å². The second-order valence-electron chi connectivity index (χ2n) is 5.29. The predicted octanol–water partition coefficient (Wildman–Crippen LogP) is 4.81. The molecule has 1 aliphatic rings. The first-order valence-electron chi connectivity index (χ1n) is 6.96. The first kappa shape index (κ1) is 14.7. The van der Waals surface area contributed by atoms with Crippen molar-refractivity contribution < 1.29 is 0 Å². The van der Waals surface area contributed by atoms with Crippen molar-refractivity contribution in [2.75, 3.05) is 17.2 Å². The lowest BCUT2D eigenvalue weighted by atomic mass is 9.87. The first-order valence-corrected chi connectivity index (χ1v) is 7.72. The standard InChI is InChI=1S/C14H21Cl2N3/c1-3-17-13-11(15)8-12(16)14(19-13)18-10-6-4-5-9(2)7-10/h8-10H,3-7H2,1-2H3,(H2,17,18,19). The highest BCUT2D eigenvalue weighted by Crippen LogP contribution is 2.32. The zero-order valence-corrected chi connectivity index (χ0v) is 13.0. The van der Waals surface area contributed by atoms with Crippen LogP contribution in [0.1, 0.15) is 39.5 Å². The van der Waals surface area contributed by atoms with Crippen molar-refractivity contribution in [3.8, 4) is 0 Å². The van der Waals surface area contributed by atoms with E-state index in [4.69, 9.17) is 23.2 Å². The molecule has 2 N–H and O–H groups in total. The van der Waals surface area contributed by atoms with Crippen LogP contribution in [-0.2, 0) is 0 Å². The molecule has 0 aromatic carbocycles. The van der Waals surface area contributed by atoms with Crippen molar-refractivity contribution in [1.29, 1.82) is 0 Å². The van der Waals surface area contributed by atoms with Crippen LogP contribution in [-0.4, -0.2) is 17.6 Å². The smallest absolute Gasteiger partial charge is 0.147 e. The average molecular weight is 302 g/mol. The molecule has 1 saturated carbocycles. The molecule has 5 heteroatoms. The highest BCUT2D eigenvalue weighted by atomic mass is 35.5. The quantitative estimate of drug-likeness (QED) is 0.838. The van der Waals surface area contributed by atoms with Crippen molar-refractivity contribution in [2.24, 2.45) is 5.92 Å². The highest BCUT2D eigenvalue weighted by molar-refractivity contribution is 6.37. The van der Waals surface area contributed by atoms with Gasteiger partial charge in [-0.25, -0.2) is 4.98 Å². The summed E-state index contributed by atoms with van der Waals surface area (Å²) in [5.41, 5.74) is 0. The van der Waals surface area contributed by atoms with E-state index < -0.39 is 0 Å². The predicted molar refractivity (Wildman–Crippen MR) is 83.5 cm³/mol. The van der Waals surface area contributed by atoms with Crippen molar-refractivity contribution in [1.82, 2.24) is 4.98 Å². The van der Waals surface area contributed by atoms with Gasteiger partial charge in [-0.15, -0.1) is 0 Å². The monoisotopic (exact) mass is 301 g/mol. The van der Waals surface area contributed by atoms with Gasteiger partial charge in [0.25, 0.3) is 0 Å². The molecule has 0 aliphatic heterocycles. The van der Waals surface area contributed by atoms with Crippen LogP contribution >= 0.6 is 23.2 Å². The molecule has 0 radical (unpaired) electrons. The number of hydrogen-bond donors (Lipinski definition) is 2. The van der Waals surface area contributed by atoms with Gasteiger partial charge in [0.15, 0.2) is 0 Å². The van der Waals surface area contributed by atoms with Crippen LogP contribution in [0.4, 0.5) is 11.6 Å². The summed E-state index contributed by atoms with van der Waals surface area (Å²) in [5, 5.41) is 7.76. The summed E-state index contributed by atoms with van der Waals surface area (Å²) in [5.74, 6) is 2.20. The number of pyridine rings is 1. The lowest BCUT2D eigenvalue weighted by Gasteiger charge is -2.28. The zero-order chi connectivity index (χ0) is 13.8. The second-order valence-corrected chi connectivity index (χ2v) is 6.11. The molecule has 106 valence electrons. The lowest BCUT2D eigenvalue weighted by Crippen LogP contribution is -2.26. The summed E-state index contributed by atoms with van der Waals surface area (Å²) in [6.07, 6.45) is 4.95. The minimum Gasteiger partial charge on any atom is -0.369 e. The van der Waals surface area contributed by atoms with Crippen LogP contribution in [0.15, 0.2) is 6.07 Å². The molecule has 1 heterocycles. The number of rotatable bonds is 4. The third kappa shape index (κ3) is 3.90. The van der Waals surface area contributed by atoms with Crippen LogP contribution in [0, 0.1) is 5.92 Å². The summed E-state index contributed by atoms with van der Waals surface area (Å²) in [6.45, 7) is 5.10. The third-order valence-corrected chi connectivity index (χ3v) is 4.13. The number of nitrogens with zero attached hydrogens (tertiary/aromatic N) is 1. The fraction of sp³-hybridized carbons (Fsp3) is 0.643. The van der Waals surface area contributed by atoms with E-state index in [1.54, 1.807) is 6.07 Å². The summed E-state index contributed by atoms with van der Waals surface area (Å²) in [4.78, 5) is 4.49. The molecule has 0 amide bonds. The maximum Gasteiger partial charge on any atom is 0.147 e. The summed E-state index contributed by atoms with van der Waals surface area (Å²) in [6, 6.07) is 2.22. The largest absolute Gasteiger partial charge is 0.369 e. The SMILES string of the molecule is CCNc1nc(NC2CCCC(C)C2)c(Cl)cc1Cl. The normalized spacial score (nSPS) is 23.2. The van der Waals surface area contributed by atoms with Crippen molar-refractivity contribution in [3.63, 3.8) is 0 Å².